The summed E-state index contributed by atoms with van der Waals surface area (Å²) in [5.74, 6) is -1.84. The first-order chi connectivity index (χ1) is 10.9. The number of Topliss-reactive ketones (excluding diaryl/α,β-unsaturated/α-hetero) is 1. The van der Waals surface area contributed by atoms with E-state index in [1.54, 1.807) is 12.3 Å². The van der Waals surface area contributed by atoms with E-state index in [0.717, 1.165) is 11.3 Å². The number of halogens is 4. The lowest BCUT2D eigenvalue weighted by Gasteiger charge is -2.07. The Bertz CT molecular complexity index is 873. The van der Waals surface area contributed by atoms with E-state index in [1.807, 2.05) is 41.9 Å². The smallest absolute Gasteiger partial charge is 0.456 e. The van der Waals surface area contributed by atoms with Crippen molar-refractivity contribution in [2.45, 2.75) is 12.6 Å². The molecule has 0 radical (unpaired) electrons. The Labute approximate surface area is 153 Å². The molecule has 3 aromatic rings. The molecule has 0 fully saturated rings. The monoisotopic (exact) mass is 446 g/mol. The van der Waals surface area contributed by atoms with E-state index in [1.165, 1.54) is 16.7 Å². The number of carbonyl (C=O) groups excluding carboxylic acids is 1. The number of alkyl halides is 3. The van der Waals surface area contributed by atoms with E-state index in [4.69, 9.17) is 0 Å². The summed E-state index contributed by atoms with van der Waals surface area (Å²) in [7, 11) is 1.83. The minimum atomic E-state index is -4.88. The summed E-state index contributed by atoms with van der Waals surface area (Å²) in [6, 6.07) is 12.4. The van der Waals surface area contributed by atoms with Gasteiger partial charge in [0.1, 0.15) is 12.6 Å². The summed E-state index contributed by atoms with van der Waals surface area (Å²) in [5, 5.41) is 0. The minimum Gasteiger partial charge on any atom is -1.00 e. The van der Waals surface area contributed by atoms with Crippen molar-refractivity contribution in [2.75, 3.05) is 0 Å². The van der Waals surface area contributed by atoms with E-state index in [-0.39, 0.29) is 29.7 Å². The number of aryl methyl sites for hydroxylation is 1. The third-order valence-electron chi connectivity index (χ3n) is 3.78. The van der Waals surface area contributed by atoms with E-state index in [0.29, 0.717) is 11.9 Å². The molecule has 2 aromatic heterocycles. The molecule has 126 valence electrons. The second-order valence-corrected chi connectivity index (χ2v) is 5.32. The second-order valence-electron chi connectivity index (χ2n) is 5.32. The van der Waals surface area contributed by atoms with Crippen molar-refractivity contribution in [3.63, 3.8) is 0 Å². The highest BCUT2D eigenvalue weighted by Gasteiger charge is 2.41. The Kier molecular flexibility index (Phi) is 5.32. The summed E-state index contributed by atoms with van der Waals surface area (Å²) < 4.78 is 41.2. The summed E-state index contributed by atoms with van der Waals surface area (Å²) in [4.78, 5) is 11.5. The molecule has 3 nitrogen and oxygen atoms in total. The quantitative estimate of drug-likeness (QED) is 0.319. The highest BCUT2D eigenvalue weighted by atomic mass is 127. The van der Waals surface area contributed by atoms with Crippen LogP contribution < -0.4 is 28.5 Å². The van der Waals surface area contributed by atoms with Gasteiger partial charge < -0.3 is 28.4 Å². The molecule has 3 rings (SSSR count). The largest absolute Gasteiger partial charge is 1.00 e. The lowest BCUT2D eigenvalue weighted by molar-refractivity contribution is -0.677. The van der Waals surface area contributed by atoms with E-state index in [2.05, 4.69) is 0 Å². The number of fused-ring (bicyclic) bond motifs is 1. The van der Waals surface area contributed by atoms with Gasteiger partial charge in [0.05, 0.1) is 18.3 Å². The van der Waals surface area contributed by atoms with Crippen LogP contribution in [0.25, 0.3) is 5.52 Å². The zero-order valence-corrected chi connectivity index (χ0v) is 14.9. The van der Waals surface area contributed by atoms with Crippen molar-refractivity contribution in [3.05, 3.63) is 71.8 Å². The Morgan fingerprint density at radius 2 is 1.79 bits per heavy atom. The lowest BCUT2D eigenvalue weighted by Crippen LogP contribution is -3.00. The zero-order valence-electron chi connectivity index (χ0n) is 12.7. The number of hydrogen-bond donors (Lipinski definition) is 0. The first kappa shape index (κ1) is 18.4. The van der Waals surface area contributed by atoms with Gasteiger partial charge in [-0.05, 0) is 17.7 Å². The molecule has 2 heterocycles. The number of carbonyl (C=O) groups is 1. The van der Waals surface area contributed by atoms with Gasteiger partial charge in [0.25, 0.3) is 5.78 Å². The summed E-state index contributed by atoms with van der Waals surface area (Å²) >= 11 is 0. The van der Waals surface area contributed by atoms with Crippen LogP contribution in [0.5, 0.6) is 0 Å². The number of nitrogens with zero attached hydrogens (tertiary/aromatic N) is 2. The first-order valence-corrected chi connectivity index (χ1v) is 7.02. The topological polar surface area (TPSA) is 25.4 Å². The zero-order chi connectivity index (χ0) is 16.6. The SMILES string of the molecule is C[n+]1ccn2c(C(=O)C(F)(F)F)ccc2c1Cc1ccccc1.[I-]. The second kappa shape index (κ2) is 6.92. The van der Waals surface area contributed by atoms with Crippen LogP contribution in [0.15, 0.2) is 54.9 Å². The fourth-order valence-electron chi connectivity index (χ4n) is 2.62. The molecular formula is C17H14F3IN2O. The number of ketones is 1. The van der Waals surface area contributed by atoms with Crippen LogP contribution in [-0.4, -0.2) is 16.4 Å². The molecule has 0 atom stereocenters. The van der Waals surface area contributed by atoms with Crippen LogP contribution >= 0.6 is 0 Å². The van der Waals surface area contributed by atoms with Crippen LogP contribution in [0.4, 0.5) is 13.2 Å². The Morgan fingerprint density at radius 3 is 2.42 bits per heavy atom. The highest BCUT2D eigenvalue weighted by molar-refractivity contribution is 6.00. The van der Waals surface area contributed by atoms with Gasteiger partial charge in [-0.15, -0.1) is 0 Å². The molecule has 0 amide bonds. The van der Waals surface area contributed by atoms with Crippen molar-refractivity contribution in [3.8, 4) is 0 Å². The van der Waals surface area contributed by atoms with Crippen molar-refractivity contribution < 1.29 is 46.5 Å². The van der Waals surface area contributed by atoms with Gasteiger partial charge in [0.15, 0.2) is 6.20 Å². The van der Waals surface area contributed by atoms with Gasteiger partial charge in [-0.1, -0.05) is 30.3 Å². The predicted molar refractivity (Wildman–Crippen MR) is 78.2 cm³/mol. The lowest BCUT2D eigenvalue weighted by atomic mass is 10.1. The molecule has 24 heavy (non-hydrogen) atoms. The summed E-state index contributed by atoms with van der Waals surface area (Å²) in [5.41, 5.74) is 2.09. The molecule has 0 spiro atoms. The Morgan fingerprint density at radius 1 is 1.12 bits per heavy atom. The maximum absolute atomic E-state index is 12.7. The maximum atomic E-state index is 12.7. The van der Waals surface area contributed by atoms with Gasteiger partial charge in [-0.2, -0.15) is 13.2 Å². The third-order valence-corrected chi connectivity index (χ3v) is 3.78. The van der Waals surface area contributed by atoms with Crippen molar-refractivity contribution in [2.24, 2.45) is 7.05 Å². The molecule has 1 aromatic carbocycles. The van der Waals surface area contributed by atoms with Crippen LogP contribution in [0, 0.1) is 0 Å². The molecule has 0 aliphatic rings. The van der Waals surface area contributed by atoms with Gasteiger partial charge >= 0.3 is 6.18 Å². The van der Waals surface area contributed by atoms with E-state index in [9.17, 15) is 18.0 Å². The molecule has 0 saturated carbocycles. The van der Waals surface area contributed by atoms with Crippen LogP contribution in [0.3, 0.4) is 0 Å². The van der Waals surface area contributed by atoms with Crippen LogP contribution in [0.2, 0.25) is 0 Å². The molecular weight excluding hydrogens is 432 g/mol. The first-order valence-electron chi connectivity index (χ1n) is 7.02. The van der Waals surface area contributed by atoms with Gasteiger partial charge in [0, 0.05) is 0 Å². The molecule has 0 aliphatic carbocycles. The fourth-order valence-corrected chi connectivity index (χ4v) is 2.62. The molecule has 0 unspecified atom stereocenters. The molecule has 0 bridgehead atoms. The van der Waals surface area contributed by atoms with Crippen LogP contribution in [-0.2, 0) is 13.5 Å². The standard InChI is InChI=1S/C17H14F3N2O.HI/c1-21-9-10-22-13(7-8-14(22)16(23)17(18,19)20)15(21)11-12-5-3-2-4-6-12;/h2-10H,11H2,1H3;1H/q+1;/p-1. The molecule has 0 aliphatic heterocycles. The number of benzene rings is 1. The number of rotatable bonds is 3. The Hall–Kier alpha value is -1.90. The van der Waals surface area contributed by atoms with Gasteiger partial charge in [0.2, 0.25) is 5.69 Å². The number of aromatic nitrogens is 2. The maximum Gasteiger partial charge on any atom is 0.456 e. The van der Waals surface area contributed by atoms with Crippen molar-refractivity contribution >= 4 is 11.3 Å². The molecule has 0 saturated heterocycles. The normalized spacial score (nSPS) is 11.3. The minimum absolute atomic E-state index is 0. The van der Waals surface area contributed by atoms with Crippen LogP contribution in [0.1, 0.15) is 21.7 Å². The summed E-state index contributed by atoms with van der Waals surface area (Å²) in [6.45, 7) is 0. The van der Waals surface area contributed by atoms with E-state index >= 15 is 0 Å². The third kappa shape index (κ3) is 3.45. The molecule has 0 N–H and O–H groups in total. The average molecular weight is 446 g/mol. The van der Waals surface area contributed by atoms with E-state index < -0.39 is 12.0 Å². The van der Waals surface area contributed by atoms with Crippen molar-refractivity contribution in [1.82, 2.24) is 4.40 Å². The predicted octanol–water partition coefficient (Wildman–Crippen LogP) is 0.104. The van der Waals surface area contributed by atoms with Crippen molar-refractivity contribution in [1.29, 1.82) is 0 Å². The fraction of sp³-hybridized carbons (Fsp3) is 0.176. The van der Waals surface area contributed by atoms with Gasteiger partial charge in [-0.3, -0.25) is 4.79 Å². The summed E-state index contributed by atoms with van der Waals surface area (Å²) in [6.07, 6.45) is -1.20. The number of hydrogen-bond acceptors (Lipinski definition) is 1. The Balaban J connectivity index is 0.00000208. The highest BCUT2D eigenvalue weighted by Crippen LogP contribution is 2.24. The average Bonchev–Trinajstić information content (AvgIpc) is 2.93. The van der Waals surface area contributed by atoms with Gasteiger partial charge in [-0.25, -0.2) is 4.57 Å². The molecule has 7 heteroatoms.